The van der Waals surface area contributed by atoms with Crippen molar-refractivity contribution >= 4 is 11.6 Å². The Morgan fingerprint density at radius 1 is 1.36 bits per heavy atom. The van der Waals surface area contributed by atoms with Gasteiger partial charge in [-0.15, -0.1) is 0 Å². The van der Waals surface area contributed by atoms with Crippen LogP contribution in [0, 0.1) is 17.8 Å². The van der Waals surface area contributed by atoms with Gasteiger partial charge in [0, 0.05) is 24.7 Å². The molecule has 0 aromatic rings. The van der Waals surface area contributed by atoms with Gasteiger partial charge in [0.2, 0.25) is 0 Å². The molecule has 80 valence electrons. The van der Waals surface area contributed by atoms with Crippen LogP contribution in [-0.4, -0.2) is 11.6 Å². The maximum atomic E-state index is 11.7. The van der Waals surface area contributed by atoms with Crippen LogP contribution < -0.4 is 0 Å². The minimum Gasteiger partial charge on any atom is -0.300 e. The highest BCUT2D eigenvalue weighted by molar-refractivity contribution is 5.85. The van der Waals surface area contributed by atoms with Gasteiger partial charge in [0.15, 0.2) is 0 Å². The van der Waals surface area contributed by atoms with E-state index in [4.69, 9.17) is 0 Å². The molecule has 1 aliphatic carbocycles. The fourth-order valence-corrected chi connectivity index (χ4v) is 2.25. The van der Waals surface area contributed by atoms with Crippen molar-refractivity contribution in [2.45, 2.75) is 46.5 Å². The number of carbonyl (C=O) groups excluding carboxylic acids is 2. The van der Waals surface area contributed by atoms with Gasteiger partial charge in [-0.25, -0.2) is 0 Å². The highest BCUT2D eigenvalue weighted by Gasteiger charge is 2.33. The quantitative estimate of drug-likeness (QED) is 0.695. The third-order valence-electron chi connectivity index (χ3n) is 3.50. The zero-order valence-electron chi connectivity index (χ0n) is 9.38. The van der Waals surface area contributed by atoms with E-state index in [1.807, 2.05) is 20.8 Å². The number of Topliss-reactive ketones (excluding diaryl/α,β-unsaturated/α-hetero) is 2. The summed E-state index contributed by atoms with van der Waals surface area (Å²) in [5.74, 6) is 1.26. The van der Waals surface area contributed by atoms with Gasteiger partial charge in [-0.3, -0.25) is 9.59 Å². The molecular formula is C12H20O2. The van der Waals surface area contributed by atoms with Gasteiger partial charge in [-0.1, -0.05) is 20.8 Å². The van der Waals surface area contributed by atoms with E-state index in [-0.39, 0.29) is 11.8 Å². The molecule has 2 nitrogen and oxygen atoms in total. The number of hydrogen-bond acceptors (Lipinski definition) is 2. The van der Waals surface area contributed by atoms with E-state index >= 15 is 0 Å². The second-order valence-electron chi connectivity index (χ2n) is 4.53. The normalized spacial score (nSPS) is 33.1. The lowest BCUT2D eigenvalue weighted by Crippen LogP contribution is -2.33. The molecule has 1 saturated carbocycles. The zero-order valence-corrected chi connectivity index (χ0v) is 9.38. The molecule has 0 amide bonds. The molecule has 14 heavy (non-hydrogen) atoms. The second-order valence-corrected chi connectivity index (χ2v) is 4.53. The molecule has 0 bridgehead atoms. The summed E-state index contributed by atoms with van der Waals surface area (Å²) >= 11 is 0. The Bertz CT molecular complexity index is 232. The average Bonchev–Trinajstić information content (AvgIpc) is 2.19. The van der Waals surface area contributed by atoms with Gasteiger partial charge in [-0.05, 0) is 18.8 Å². The third-order valence-corrected chi connectivity index (χ3v) is 3.50. The van der Waals surface area contributed by atoms with E-state index in [1.165, 1.54) is 0 Å². The molecule has 1 rings (SSSR count). The maximum absolute atomic E-state index is 11.7. The molecule has 0 N–H and O–H groups in total. The fourth-order valence-electron chi connectivity index (χ4n) is 2.25. The Balaban J connectivity index is 2.55. The topological polar surface area (TPSA) is 34.1 Å². The first-order valence-electron chi connectivity index (χ1n) is 5.61. The minimum atomic E-state index is 0.0919. The van der Waals surface area contributed by atoms with Crippen molar-refractivity contribution in [3.05, 3.63) is 0 Å². The smallest absolute Gasteiger partial charge is 0.138 e. The van der Waals surface area contributed by atoms with E-state index in [1.54, 1.807) is 0 Å². The number of carbonyl (C=O) groups is 2. The summed E-state index contributed by atoms with van der Waals surface area (Å²) in [5, 5.41) is 0. The van der Waals surface area contributed by atoms with Crippen LogP contribution in [0.2, 0.25) is 0 Å². The highest BCUT2D eigenvalue weighted by Crippen LogP contribution is 2.33. The molecule has 1 aliphatic rings. The van der Waals surface area contributed by atoms with Crippen LogP contribution in [0.25, 0.3) is 0 Å². The van der Waals surface area contributed by atoms with Crippen LogP contribution in [0.3, 0.4) is 0 Å². The van der Waals surface area contributed by atoms with Crippen LogP contribution in [0.15, 0.2) is 0 Å². The van der Waals surface area contributed by atoms with Gasteiger partial charge in [-0.2, -0.15) is 0 Å². The van der Waals surface area contributed by atoms with Crippen molar-refractivity contribution < 1.29 is 9.59 Å². The molecule has 0 heterocycles. The molecule has 0 aromatic heterocycles. The summed E-state index contributed by atoms with van der Waals surface area (Å²) in [7, 11) is 0. The van der Waals surface area contributed by atoms with Crippen LogP contribution >= 0.6 is 0 Å². The lowest BCUT2D eigenvalue weighted by molar-refractivity contribution is -0.131. The van der Waals surface area contributed by atoms with Crippen molar-refractivity contribution in [2.75, 3.05) is 0 Å². The van der Waals surface area contributed by atoms with Gasteiger partial charge in [0.05, 0.1) is 0 Å². The monoisotopic (exact) mass is 196 g/mol. The summed E-state index contributed by atoms with van der Waals surface area (Å²) in [6, 6.07) is 0. The molecule has 2 heteroatoms. The van der Waals surface area contributed by atoms with E-state index < -0.39 is 0 Å². The Labute approximate surface area is 86.1 Å². The Kier molecular flexibility index (Phi) is 3.85. The van der Waals surface area contributed by atoms with Gasteiger partial charge in [0.25, 0.3) is 0 Å². The Hall–Kier alpha value is -0.660. The second kappa shape index (κ2) is 4.72. The largest absolute Gasteiger partial charge is 0.300 e. The molecule has 1 fully saturated rings. The minimum absolute atomic E-state index is 0.0919. The van der Waals surface area contributed by atoms with E-state index in [2.05, 4.69) is 0 Å². The van der Waals surface area contributed by atoms with Crippen molar-refractivity contribution in [3.8, 4) is 0 Å². The first kappa shape index (κ1) is 11.4. The predicted octanol–water partition coefficient (Wildman–Crippen LogP) is 2.61. The predicted molar refractivity (Wildman–Crippen MR) is 56.0 cm³/mol. The number of hydrogen-bond donors (Lipinski definition) is 0. The standard InChI is InChI=1S/C12H20O2/c1-4-11(13)7-10-6-5-8(2)12(14)9(10)3/h8-10H,4-7H2,1-3H3. The van der Waals surface area contributed by atoms with Crippen molar-refractivity contribution in [1.82, 2.24) is 0 Å². The zero-order chi connectivity index (χ0) is 10.7. The summed E-state index contributed by atoms with van der Waals surface area (Å²) in [6.07, 6.45) is 3.22. The molecule has 0 saturated heterocycles. The SMILES string of the molecule is CCC(=O)CC1CCC(C)C(=O)C1C. The van der Waals surface area contributed by atoms with E-state index in [0.717, 1.165) is 12.8 Å². The van der Waals surface area contributed by atoms with Crippen LogP contribution in [0.5, 0.6) is 0 Å². The molecule has 3 unspecified atom stereocenters. The van der Waals surface area contributed by atoms with Gasteiger partial charge >= 0.3 is 0 Å². The maximum Gasteiger partial charge on any atom is 0.138 e. The first-order chi connectivity index (χ1) is 6.56. The van der Waals surface area contributed by atoms with Crippen molar-refractivity contribution in [2.24, 2.45) is 17.8 Å². The molecule has 0 radical (unpaired) electrons. The average molecular weight is 196 g/mol. The van der Waals surface area contributed by atoms with Crippen molar-refractivity contribution in [1.29, 1.82) is 0 Å². The van der Waals surface area contributed by atoms with Gasteiger partial charge in [0.1, 0.15) is 11.6 Å². The number of ketones is 2. The summed E-state index contributed by atoms with van der Waals surface area (Å²) < 4.78 is 0. The lowest BCUT2D eigenvalue weighted by Gasteiger charge is -2.30. The van der Waals surface area contributed by atoms with Crippen molar-refractivity contribution in [3.63, 3.8) is 0 Å². The van der Waals surface area contributed by atoms with Crippen LogP contribution in [0.4, 0.5) is 0 Å². The Morgan fingerprint density at radius 2 is 2.00 bits per heavy atom. The third kappa shape index (κ3) is 2.43. The highest BCUT2D eigenvalue weighted by atomic mass is 16.1. The summed E-state index contributed by atoms with van der Waals surface area (Å²) in [4.78, 5) is 23.0. The van der Waals surface area contributed by atoms with E-state index in [0.29, 0.717) is 30.3 Å². The number of rotatable bonds is 3. The molecular weight excluding hydrogens is 176 g/mol. The summed E-state index contributed by atoms with van der Waals surface area (Å²) in [6.45, 7) is 5.86. The first-order valence-corrected chi connectivity index (χ1v) is 5.61. The van der Waals surface area contributed by atoms with Gasteiger partial charge < -0.3 is 0 Å². The molecule has 0 aromatic carbocycles. The van der Waals surface area contributed by atoms with E-state index in [9.17, 15) is 9.59 Å². The Morgan fingerprint density at radius 3 is 2.57 bits per heavy atom. The fraction of sp³-hybridized carbons (Fsp3) is 0.833. The molecule has 0 spiro atoms. The molecule has 3 atom stereocenters. The molecule has 0 aliphatic heterocycles. The summed E-state index contributed by atoms with van der Waals surface area (Å²) in [5.41, 5.74) is 0. The van der Waals surface area contributed by atoms with Crippen LogP contribution in [0.1, 0.15) is 46.5 Å². The lowest BCUT2D eigenvalue weighted by atomic mass is 9.72. The van der Waals surface area contributed by atoms with Crippen LogP contribution in [-0.2, 0) is 9.59 Å².